The Bertz CT molecular complexity index is 506. The van der Waals surface area contributed by atoms with Crippen molar-refractivity contribution in [1.82, 2.24) is 0 Å². The van der Waals surface area contributed by atoms with E-state index >= 15 is 0 Å². The lowest BCUT2D eigenvalue weighted by atomic mass is 9.44. The summed E-state index contributed by atoms with van der Waals surface area (Å²) < 4.78 is 0. The zero-order chi connectivity index (χ0) is 14.4. The Hall–Kier alpha value is -1.31. The standard InChI is InChI=1S/C19H24O2/c20-18(21)19(7-6-13-4-2-1-3-5-13)16-9-14-8-15(11-16)12-17(19)10-14/h1-5,14-17H,6-12H2,(H,20,21). The van der Waals surface area contributed by atoms with E-state index < -0.39 is 11.4 Å². The zero-order valence-corrected chi connectivity index (χ0v) is 12.5. The van der Waals surface area contributed by atoms with Gasteiger partial charge >= 0.3 is 5.97 Å². The van der Waals surface area contributed by atoms with Crippen LogP contribution in [0.15, 0.2) is 30.3 Å². The molecule has 0 aliphatic heterocycles. The molecule has 4 saturated carbocycles. The third-order valence-electron chi connectivity index (χ3n) is 6.66. The van der Waals surface area contributed by atoms with Gasteiger partial charge in [-0.1, -0.05) is 30.3 Å². The van der Waals surface area contributed by atoms with Gasteiger partial charge in [0.2, 0.25) is 0 Å². The highest BCUT2D eigenvalue weighted by molar-refractivity contribution is 5.76. The second-order valence-electron chi connectivity index (χ2n) is 7.64. The van der Waals surface area contributed by atoms with Gasteiger partial charge in [0.15, 0.2) is 0 Å². The van der Waals surface area contributed by atoms with Crippen molar-refractivity contribution in [1.29, 1.82) is 0 Å². The van der Waals surface area contributed by atoms with Crippen LogP contribution in [-0.4, -0.2) is 11.1 Å². The highest BCUT2D eigenvalue weighted by Crippen LogP contribution is 2.63. The molecular weight excluding hydrogens is 260 g/mol. The first-order chi connectivity index (χ1) is 10.2. The van der Waals surface area contributed by atoms with Crippen molar-refractivity contribution in [3.8, 4) is 0 Å². The zero-order valence-electron chi connectivity index (χ0n) is 12.5. The molecule has 1 aromatic rings. The quantitative estimate of drug-likeness (QED) is 0.902. The molecule has 0 amide bonds. The minimum absolute atomic E-state index is 0.427. The van der Waals surface area contributed by atoms with Crippen LogP contribution in [-0.2, 0) is 11.2 Å². The van der Waals surface area contributed by atoms with E-state index in [9.17, 15) is 9.90 Å². The van der Waals surface area contributed by atoms with Crippen molar-refractivity contribution in [2.24, 2.45) is 29.1 Å². The van der Waals surface area contributed by atoms with Gasteiger partial charge in [-0.2, -0.15) is 0 Å². The largest absolute Gasteiger partial charge is 0.481 e. The molecule has 0 aromatic heterocycles. The van der Waals surface area contributed by atoms with Crippen LogP contribution in [0.3, 0.4) is 0 Å². The lowest BCUT2D eigenvalue weighted by Gasteiger charge is -2.59. The first-order valence-electron chi connectivity index (χ1n) is 8.46. The van der Waals surface area contributed by atoms with Crippen LogP contribution in [0, 0.1) is 29.1 Å². The van der Waals surface area contributed by atoms with E-state index in [0.29, 0.717) is 11.8 Å². The van der Waals surface area contributed by atoms with Gasteiger partial charge in [-0.15, -0.1) is 0 Å². The fraction of sp³-hybridized carbons (Fsp3) is 0.632. The summed E-state index contributed by atoms with van der Waals surface area (Å²) in [7, 11) is 0. The summed E-state index contributed by atoms with van der Waals surface area (Å²) in [5, 5.41) is 10.1. The van der Waals surface area contributed by atoms with E-state index in [1.54, 1.807) is 0 Å². The smallest absolute Gasteiger partial charge is 0.310 e. The molecule has 4 bridgehead atoms. The summed E-state index contributed by atoms with van der Waals surface area (Å²) in [6, 6.07) is 10.4. The maximum Gasteiger partial charge on any atom is 0.310 e. The first kappa shape index (κ1) is 13.4. The summed E-state index contributed by atoms with van der Waals surface area (Å²) >= 11 is 0. The molecule has 0 spiro atoms. The van der Waals surface area contributed by atoms with Crippen molar-refractivity contribution in [2.45, 2.75) is 44.9 Å². The van der Waals surface area contributed by atoms with Gasteiger partial charge in [0.25, 0.3) is 0 Å². The van der Waals surface area contributed by atoms with Crippen molar-refractivity contribution in [2.75, 3.05) is 0 Å². The summed E-state index contributed by atoms with van der Waals surface area (Å²) in [6.07, 6.45) is 7.82. The molecule has 2 heteroatoms. The second kappa shape index (κ2) is 4.86. The SMILES string of the molecule is O=C(O)C1(CCc2ccccc2)C2CC3CC(C2)CC1C3. The number of hydrogen-bond donors (Lipinski definition) is 1. The molecule has 1 aromatic carbocycles. The van der Waals surface area contributed by atoms with Gasteiger partial charge in [-0.3, -0.25) is 4.79 Å². The topological polar surface area (TPSA) is 37.3 Å². The van der Waals surface area contributed by atoms with Crippen LogP contribution in [0.4, 0.5) is 0 Å². The van der Waals surface area contributed by atoms with Crippen LogP contribution in [0.2, 0.25) is 0 Å². The van der Waals surface area contributed by atoms with Gasteiger partial charge in [0.1, 0.15) is 0 Å². The Kier molecular flexibility index (Phi) is 3.09. The molecular formula is C19H24O2. The van der Waals surface area contributed by atoms with Crippen LogP contribution >= 0.6 is 0 Å². The maximum absolute atomic E-state index is 12.2. The highest BCUT2D eigenvalue weighted by Gasteiger charge is 2.60. The van der Waals surface area contributed by atoms with Crippen molar-refractivity contribution >= 4 is 5.97 Å². The Morgan fingerprint density at radius 2 is 1.57 bits per heavy atom. The van der Waals surface area contributed by atoms with E-state index in [4.69, 9.17) is 0 Å². The Morgan fingerprint density at radius 3 is 2.10 bits per heavy atom. The number of hydrogen-bond acceptors (Lipinski definition) is 1. The molecule has 5 rings (SSSR count). The molecule has 0 saturated heterocycles. The van der Waals surface area contributed by atoms with Crippen molar-refractivity contribution in [3.05, 3.63) is 35.9 Å². The van der Waals surface area contributed by atoms with E-state index in [1.807, 2.05) is 6.07 Å². The fourth-order valence-electron chi connectivity index (χ4n) is 5.89. The summed E-state index contributed by atoms with van der Waals surface area (Å²) in [5.41, 5.74) is 0.857. The summed E-state index contributed by atoms with van der Waals surface area (Å²) in [6.45, 7) is 0. The molecule has 112 valence electrons. The molecule has 4 aliphatic rings. The van der Waals surface area contributed by atoms with Gasteiger partial charge in [-0.05, 0) is 74.2 Å². The number of carboxylic acid groups (broad SMARTS) is 1. The average molecular weight is 284 g/mol. The Labute approximate surface area is 126 Å². The van der Waals surface area contributed by atoms with Gasteiger partial charge in [0.05, 0.1) is 5.41 Å². The predicted octanol–water partition coefficient (Wildman–Crippen LogP) is 4.15. The summed E-state index contributed by atoms with van der Waals surface area (Å²) in [5.74, 6) is 2.03. The number of rotatable bonds is 4. The third-order valence-corrected chi connectivity index (χ3v) is 6.66. The van der Waals surface area contributed by atoms with Gasteiger partial charge in [-0.25, -0.2) is 0 Å². The van der Waals surface area contributed by atoms with Crippen molar-refractivity contribution < 1.29 is 9.90 Å². The first-order valence-corrected chi connectivity index (χ1v) is 8.46. The van der Waals surface area contributed by atoms with Crippen LogP contribution < -0.4 is 0 Å². The molecule has 0 radical (unpaired) electrons. The molecule has 2 nitrogen and oxygen atoms in total. The number of aryl methyl sites for hydroxylation is 1. The van der Waals surface area contributed by atoms with Gasteiger partial charge in [0, 0.05) is 0 Å². The normalized spacial score (nSPS) is 40.4. The maximum atomic E-state index is 12.2. The fourth-order valence-corrected chi connectivity index (χ4v) is 5.89. The van der Waals surface area contributed by atoms with E-state index in [2.05, 4.69) is 24.3 Å². The van der Waals surface area contributed by atoms with Crippen molar-refractivity contribution in [3.63, 3.8) is 0 Å². The molecule has 0 heterocycles. The van der Waals surface area contributed by atoms with E-state index in [-0.39, 0.29) is 0 Å². The second-order valence-corrected chi connectivity index (χ2v) is 7.64. The summed E-state index contributed by atoms with van der Waals surface area (Å²) in [4.78, 5) is 12.2. The minimum atomic E-state index is -0.507. The molecule has 0 atom stereocenters. The number of carboxylic acids is 1. The third kappa shape index (κ3) is 2.03. The molecule has 4 aliphatic carbocycles. The molecule has 1 N–H and O–H groups in total. The monoisotopic (exact) mass is 284 g/mol. The Morgan fingerprint density at radius 1 is 1.00 bits per heavy atom. The average Bonchev–Trinajstić information content (AvgIpc) is 2.47. The lowest BCUT2D eigenvalue weighted by molar-refractivity contribution is -0.178. The van der Waals surface area contributed by atoms with Crippen LogP contribution in [0.25, 0.3) is 0 Å². The number of benzene rings is 1. The highest BCUT2D eigenvalue weighted by atomic mass is 16.4. The van der Waals surface area contributed by atoms with E-state index in [0.717, 1.165) is 24.7 Å². The van der Waals surface area contributed by atoms with E-state index in [1.165, 1.54) is 37.7 Å². The lowest BCUT2D eigenvalue weighted by Crippen LogP contribution is -2.56. The molecule has 4 fully saturated rings. The van der Waals surface area contributed by atoms with Gasteiger partial charge < -0.3 is 5.11 Å². The molecule has 21 heavy (non-hydrogen) atoms. The number of aliphatic carboxylic acids is 1. The minimum Gasteiger partial charge on any atom is -0.481 e. The molecule has 0 unspecified atom stereocenters. The Balaban J connectivity index is 1.60. The van der Waals surface area contributed by atoms with Crippen LogP contribution in [0.5, 0.6) is 0 Å². The van der Waals surface area contributed by atoms with Crippen LogP contribution in [0.1, 0.15) is 44.1 Å². The predicted molar refractivity (Wildman–Crippen MR) is 81.9 cm³/mol. The number of carbonyl (C=O) groups is 1.